The van der Waals surface area contributed by atoms with Gasteiger partial charge in [-0.05, 0) is 12.8 Å². The van der Waals surface area contributed by atoms with Crippen molar-refractivity contribution >= 4 is 27.3 Å². The first-order chi connectivity index (χ1) is 7.94. The lowest BCUT2D eigenvalue weighted by Gasteiger charge is -2.33. The van der Waals surface area contributed by atoms with E-state index in [4.69, 9.17) is 11.6 Å². The minimum Gasteiger partial charge on any atom is -0.338 e. The van der Waals surface area contributed by atoms with E-state index in [-0.39, 0.29) is 11.9 Å². The molecule has 1 aliphatic carbocycles. The maximum atomic E-state index is 11.9. The summed E-state index contributed by atoms with van der Waals surface area (Å²) in [6.07, 6.45) is 6.43. The second-order valence-electron chi connectivity index (χ2n) is 4.64. The van der Waals surface area contributed by atoms with Gasteiger partial charge >= 0.3 is 0 Å². The van der Waals surface area contributed by atoms with Crippen LogP contribution < -0.4 is 0 Å². The Bertz CT molecular complexity index is 350. The highest BCUT2D eigenvalue weighted by molar-refractivity contribution is 7.91. The SMILES string of the molecule is CS(=O)(=O)CC(=O)N(CCCl)C1CCCCC1. The summed E-state index contributed by atoms with van der Waals surface area (Å²) in [7, 11) is -3.26. The van der Waals surface area contributed by atoms with Crippen LogP contribution in [0.3, 0.4) is 0 Å². The fraction of sp³-hybridized carbons (Fsp3) is 0.909. The Hall–Kier alpha value is -0.290. The topological polar surface area (TPSA) is 54.5 Å². The van der Waals surface area contributed by atoms with Crippen LogP contribution in [0.2, 0.25) is 0 Å². The van der Waals surface area contributed by atoms with E-state index in [0.717, 1.165) is 31.9 Å². The first-order valence-electron chi connectivity index (χ1n) is 5.97. The molecule has 0 N–H and O–H groups in total. The summed E-state index contributed by atoms with van der Waals surface area (Å²) >= 11 is 5.69. The molecule has 0 aromatic heterocycles. The number of nitrogens with zero attached hydrogens (tertiary/aromatic N) is 1. The van der Waals surface area contributed by atoms with Crippen LogP contribution in [0, 0.1) is 0 Å². The van der Waals surface area contributed by atoms with Crippen LogP contribution in [0.15, 0.2) is 0 Å². The molecule has 0 spiro atoms. The molecule has 0 radical (unpaired) electrons. The van der Waals surface area contributed by atoms with Gasteiger partial charge in [0.05, 0.1) is 0 Å². The van der Waals surface area contributed by atoms with Crippen molar-refractivity contribution in [2.45, 2.75) is 38.1 Å². The van der Waals surface area contributed by atoms with Gasteiger partial charge in [0.15, 0.2) is 9.84 Å². The standard InChI is InChI=1S/C11H20ClNO3S/c1-17(15,16)9-11(14)13(8-7-12)10-5-3-2-4-6-10/h10H,2-9H2,1H3. The molecule has 100 valence electrons. The molecule has 0 aromatic carbocycles. The Balaban J connectivity index is 2.66. The fourth-order valence-electron chi connectivity index (χ4n) is 2.30. The molecule has 1 aliphatic rings. The number of amides is 1. The van der Waals surface area contributed by atoms with Crippen LogP contribution in [-0.2, 0) is 14.6 Å². The third kappa shape index (κ3) is 5.25. The van der Waals surface area contributed by atoms with E-state index in [9.17, 15) is 13.2 Å². The molecule has 0 aromatic rings. The molecule has 0 bridgehead atoms. The lowest BCUT2D eigenvalue weighted by molar-refractivity contribution is -0.131. The second-order valence-corrected chi connectivity index (χ2v) is 7.16. The zero-order valence-electron chi connectivity index (χ0n) is 10.2. The normalized spacial score (nSPS) is 18.0. The van der Waals surface area contributed by atoms with Crippen molar-refractivity contribution < 1.29 is 13.2 Å². The third-order valence-electron chi connectivity index (χ3n) is 3.05. The average Bonchev–Trinajstić information content (AvgIpc) is 2.24. The molecule has 6 heteroatoms. The van der Waals surface area contributed by atoms with Crippen molar-refractivity contribution in [3.05, 3.63) is 0 Å². The van der Waals surface area contributed by atoms with Crippen LogP contribution in [0.25, 0.3) is 0 Å². The van der Waals surface area contributed by atoms with E-state index < -0.39 is 15.6 Å². The molecule has 1 saturated carbocycles. The first-order valence-corrected chi connectivity index (χ1v) is 8.56. The molecule has 0 unspecified atom stereocenters. The van der Waals surface area contributed by atoms with Gasteiger partial charge < -0.3 is 4.90 Å². The van der Waals surface area contributed by atoms with E-state index in [2.05, 4.69) is 0 Å². The lowest BCUT2D eigenvalue weighted by Crippen LogP contribution is -2.45. The largest absolute Gasteiger partial charge is 0.338 e. The smallest absolute Gasteiger partial charge is 0.238 e. The molecule has 1 rings (SSSR count). The van der Waals surface area contributed by atoms with Crippen molar-refractivity contribution in [2.24, 2.45) is 0 Å². The molecule has 0 saturated heterocycles. The summed E-state index contributed by atoms with van der Waals surface area (Å²) in [5.74, 6) is -0.355. The highest BCUT2D eigenvalue weighted by atomic mass is 35.5. The molecule has 1 fully saturated rings. The predicted molar refractivity (Wildman–Crippen MR) is 69.0 cm³/mol. The average molecular weight is 282 g/mol. The minimum atomic E-state index is -3.26. The Kier molecular flexibility index (Phi) is 5.73. The second kappa shape index (κ2) is 6.59. The van der Waals surface area contributed by atoms with E-state index in [0.29, 0.717) is 12.4 Å². The summed E-state index contributed by atoms with van der Waals surface area (Å²) in [5, 5.41) is 0. The van der Waals surface area contributed by atoms with Gasteiger partial charge in [-0.25, -0.2) is 8.42 Å². The van der Waals surface area contributed by atoms with Crippen LogP contribution in [0.4, 0.5) is 0 Å². The maximum absolute atomic E-state index is 11.9. The number of rotatable bonds is 5. The maximum Gasteiger partial charge on any atom is 0.238 e. The Morgan fingerprint density at radius 3 is 2.35 bits per heavy atom. The highest BCUT2D eigenvalue weighted by Gasteiger charge is 2.26. The van der Waals surface area contributed by atoms with Gasteiger partial charge in [-0.15, -0.1) is 11.6 Å². The number of hydrogen-bond donors (Lipinski definition) is 0. The molecule has 4 nitrogen and oxygen atoms in total. The zero-order valence-corrected chi connectivity index (χ0v) is 11.8. The van der Waals surface area contributed by atoms with Gasteiger partial charge in [-0.2, -0.15) is 0 Å². The lowest BCUT2D eigenvalue weighted by atomic mass is 9.94. The Morgan fingerprint density at radius 1 is 1.29 bits per heavy atom. The number of hydrogen-bond acceptors (Lipinski definition) is 3. The van der Waals surface area contributed by atoms with Crippen molar-refractivity contribution in [1.82, 2.24) is 4.90 Å². The highest BCUT2D eigenvalue weighted by Crippen LogP contribution is 2.22. The summed E-state index contributed by atoms with van der Waals surface area (Å²) in [5.41, 5.74) is 0. The molecular formula is C11H20ClNO3S. The van der Waals surface area contributed by atoms with E-state index in [1.165, 1.54) is 6.42 Å². The van der Waals surface area contributed by atoms with Crippen LogP contribution >= 0.6 is 11.6 Å². The van der Waals surface area contributed by atoms with Gasteiger partial charge in [-0.3, -0.25) is 4.79 Å². The molecular weight excluding hydrogens is 262 g/mol. The number of carbonyl (C=O) groups excluding carboxylic acids is 1. The van der Waals surface area contributed by atoms with Crippen molar-refractivity contribution in [1.29, 1.82) is 0 Å². The third-order valence-corrected chi connectivity index (χ3v) is 3.99. The van der Waals surface area contributed by atoms with Crippen molar-refractivity contribution in [2.75, 3.05) is 24.4 Å². The van der Waals surface area contributed by atoms with Crippen LogP contribution in [0.5, 0.6) is 0 Å². The van der Waals surface area contributed by atoms with Crippen LogP contribution in [0.1, 0.15) is 32.1 Å². The van der Waals surface area contributed by atoms with Crippen LogP contribution in [-0.4, -0.2) is 49.7 Å². The van der Waals surface area contributed by atoms with Gasteiger partial charge in [0, 0.05) is 24.7 Å². The monoisotopic (exact) mass is 281 g/mol. The van der Waals surface area contributed by atoms with Gasteiger partial charge in [0.25, 0.3) is 0 Å². The fourth-order valence-corrected chi connectivity index (χ4v) is 3.10. The van der Waals surface area contributed by atoms with Crippen molar-refractivity contribution in [3.8, 4) is 0 Å². The Labute approximate surface area is 108 Å². The van der Waals surface area contributed by atoms with Gasteiger partial charge in [-0.1, -0.05) is 19.3 Å². The summed E-state index contributed by atoms with van der Waals surface area (Å²) in [4.78, 5) is 13.6. The van der Waals surface area contributed by atoms with E-state index in [1.807, 2.05) is 0 Å². The number of alkyl halides is 1. The first kappa shape index (κ1) is 14.8. The molecule has 0 aliphatic heterocycles. The summed E-state index contributed by atoms with van der Waals surface area (Å²) < 4.78 is 22.3. The molecule has 0 atom stereocenters. The number of sulfone groups is 1. The Morgan fingerprint density at radius 2 is 1.88 bits per heavy atom. The predicted octanol–water partition coefficient (Wildman–Crippen LogP) is 1.43. The number of halogens is 1. The zero-order chi connectivity index (χ0) is 12.9. The van der Waals surface area contributed by atoms with E-state index in [1.54, 1.807) is 4.90 Å². The van der Waals surface area contributed by atoms with Gasteiger partial charge in [0.2, 0.25) is 5.91 Å². The minimum absolute atomic E-state index is 0.178. The molecule has 1 amide bonds. The quantitative estimate of drug-likeness (QED) is 0.717. The molecule has 17 heavy (non-hydrogen) atoms. The number of carbonyl (C=O) groups is 1. The molecule has 0 heterocycles. The summed E-state index contributed by atoms with van der Waals surface area (Å²) in [6.45, 7) is 0.445. The van der Waals surface area contributed by atoms with Crippen molar-refractivity contribution in [3.63, 3.8) is 0 Å². The summed E-state index contributed by atoms with van der Waals surface area (Å²) in [6, 6.07) is 0.178. The van der Waals surface area contributed by atoms with Gasteiger partial charge in [0.1, 0.15) is 5.75 Å². The van der Waals surface area contributed by atoms with E-state index >= 15 is 0 Å².